The number of carbonyl (C=O) groups excluding carboxylic acids is 1. The van der Waals surface area contributed by atoms with E-state index >= 15 is 0 Å². The molecule has 0 radical (unpaired) electrons. The summed E-state index contributed by atoms with van der Waals surface area (Å²) in [5.41, 5.74) is 2.13. The molecule has 0 unspecified atom stereocenters. The molecule has 0 bridgehead atoms. The summed E-state index contributed by atoms with van der Waals surface area (Å²) in [5.74, 6) is -0.659. The number of halogens is 1. The largest absolute Gasteiger partial charge is 0.462 e. The minimum atomic E-state index is -0.361. The van der Waals surface area contributed by atoms with Gasteiger partial charge in [-0.15, -0.1) is 11.3 Å². The Balaban J connectivity index is 2.59. The van der Waals surface area contributed by atoms with Crippen LogP contribution in [-0.4, -0.2) is 19.6 Å². The standard InChI is InChI=1S/C15H16FNO2S/c1-4-19-15(18)13-12(9(2)20-14(13)17-3)10-5-7-11(16)8-6-10/h5-8,17H,4H2,1-3H3. The summed E-state index contributed by atoms with van der Waals surface area (Å²) >= 11 is 1.49. The third-order valence-corrected chi connectivity index (χ3v) is 4.05. The van der Waals surface area contributed by atoms with Crippen molar-refractivity contribution < 1.29 is 13.9 Å². The molecule has 20 heavy (non-hydrogen) atoms. The lowest BCUT2D eigenvalue weighted by Crippen LogP contribution is -2.07. The fraction of sp³-hybridized carbons (Fsp3) is 0.267. The van der Waals surface area contributed by atoms with Crippen LogP contribution >= 0.6 is 11.3 Å². The molecule has 5 heteroatoms. The maximum Gasteiger partial charge on any atom is 0.341 e. The zero-order valence-corrected chi connectivity index (χ0v) is 12.4. The zero-order chi connectivity index (χ0) is 14.7. The summed E-state index contributed by atoms with van der Waals surface area (Å²) in [4.78, 5) is 13.2. The third-order valence-electron chi connectivity index (χ3n) is 2.92. The number of ether oxygens (including phenoxy) is 1. The van der Waals surface area contributed by atoms with Crippen LogP contribution in [-0.2, 0) is 4.74 Å². The smallest absolute Gasteiger partial charge is 0.341 e. The highest BCUT2D eigenvalue weighted by molar-refractivity contribution is 7.17. The van der Waals surface area contributed by atoms with Gasteiger partial charge in [0.2, 0.25) is 0 Å². The Hall–Kier alpha value is -1.88. The van der Waals surface area contributed by atoms with Gasteiger partial charge in [-0.3, -0.25) is 0 Å². The first-order valence-corrected chi connectivity index (χ1v) is 7.14. The predicted molar refractivity (Wildman–Crippen MR) is 80.0 cm³/mol. The Kier molecular flexibility index (Phi) is 4.39. The summed E-state index contributed by atoms with van der Waals surface area (Å²) in [6.07, 6.45) is 0. The molecule has 1 aromatic carbocycles. The number of aryl methyl sites for hydroxylation is 1. The van der Waals surface area contributed by atoms with Crippen LogP contribution in [0.5, 0.6) is 0 Å². The molecular formula is C15H16FNO2S. The molecule has 0 aliphatic rings. The van der Waals surface area contributed by atoms with E-state index in [0.717, 1.165) is 21.0 Å². The van der Waals surface area contributed by atoms with Gasteiger partial charge < -0.3 is 10.1 Å². The van der Waals surface area contributed by atoms with E-state index in [4.69, 9.17) is 4.74 Å². The Morgan fingerprint density at radius 3 is 2.55 bits per heavy atom. The van der Waals surface area contributed by atoms with Crippen LogP contribution in [0.2, 0.25) is 0 Å². The minimum Gasteiger partial charge on any atom is -0.462 e. The average Bonchev–Trinajstić information content (AvgIpc) is 2.77. The highest BCUT2D eigenvalue weighted by atomic mass is 32.1. The van der Waals surface area contributed by atoms with Gasteiger partial charge in [-0.25, -0.2) is 9.18 Å². The molecule has 0 amide bonds. The Labute approximate surface area is 121 Å². The molecule has 0 aliphatic carbocycles. The SMILES string of the molecule is CCOC(=O)c1c(NC)sc(C)c1-c1ccc(F)cc1. The first-order chi connectivity index (χ1) is 9.58. The Morgan fingerprint density at radius 2 is 2.00 bits per heavy atom. The lowest BCUT2D eigenvalue weighted by molar-refractivity contribution is 0.0529. The fourth-order valence-electron chi connectivity index (χ4n) is 2.08. The number of carbonyl (C=O) groups is 1. The van der Waals surface area contributed by atoms with Gasteiger partial charge in [0.25, 0.3) is 0 Å². The Morgan fingerprint density at radius 1 is 1.35 bits per heavy atom. The van der Waals surface area contributed by atoms with Gasteiger partial charge in [-0.2, -0.15) is 0 Å². The van der Waals surface area contributed by atoms with Crippen molar-refractivity contribution in [2.24, 2.45) is 0 Å². The van der Waals surface area contributed by atoms with Crippen molar-refractivity contribution in [2.75, 3.05) is 19.0 Å². The molecule has 0 atom stereocenters. The second-order valence-corrected chi connectivity index (χ2v) is 5.44. The van der Waals surface area contributed by atoms with E-state index < -0.39 is 0 Å². The van der Waals surface area contributed by atoms with Gasteiger partial charge in [0.15, 0.2) is 0 Å². The van der Waals surface area contributed by atoms with E-state index in [9.17, 15) is 9.18 Å². The number of hydrogen-bond acceptors (Lipinski definition) is 4. The lowest BCUT2D eigenvalue weighted by Gasteiger charge is -2.07. The van der Waals surface area contributed by atoms with Crippen molar-refractivity contribution in [3.05, 3.63) is 40.5 Å². The minimum absolute atomic E-state index is 0.298. The molecule has 1 N–H and O–H groups in total. The zero-order valence-electron chi connectivity index (χ0n) is 11.6. The molecule has 0 saturated carbocycles. The Bertz CT molecular complexity index is 620. The molecule has 1 heterocycles. The summed E-state index contributed by atoms with van der Waals surface area (Å²) in [7, 11) is 1.77. The number of anilines is 1. The molecule has 2 aromatic rings. The summed E-state index contributed by atoms with van der Waals surface area (Å²) in [6.45, 7) is 4.03. The van der Waals surface area contributed by atoms with Crippen molar-refractivity contribution in [3.8, 4) is 11.1 Å². The number of rotatable bonds is 4. The predicted octanol–water partition coefficient (Wildman–Crippen LogP) is 4.08. The fourth-order valence-corrected chi connectivity index (χ4v) is 3.10. The first kappa shape index (κ1) is 14.5. The number of hydrogen-bond donors (Lipinski definition) is 1. The van der Waals surface area contributed by atoms with E-state index in [1.807, 2.05) is 6.92 Å². The lowest BCUT2D eigenvalue weighted by atomic mass is 10.0. The molecule has 0 aliphatic heterocycles. The van der Waals surface area contributed by atoms with E-state index in [0.29, 0.717) is 12.2 Å². The topological polar surface area (TPSA) is 38.3 Å². The van der Waals surface area contributed by atoms with Crippen LogP contribution in [0.1, 0.15) is 22.2 Å². The number of thiophene rings is 1. The van der Waals surface area contributed by atoms with Gasteiger partial charge in [0.1, 0.15) is 16.4 Å². The van der Waals surface area contributed by atoms with Crippen LogP contribution in [0.4, 0.5) is 9.39 Å². The number of esters is 1. The monoisotopic (exact) mass is 293 g/mol. The maximum absolute atomic E-state index is 13.1. The van der Waals surface area contributed by atoms with E-state index in [2.05, 4.69) is 5.32 Å². The van der Waals surface area contributed by atoms with Crippen molar-refractivity contribution in [1.82, 2.24) is 0 Å². The van der Waals surface area contributed by atoms with Crippen LogP contribution in [0, 0.1) is 12.7 Å². The van der Waals surface area contributed by atoms with Gasteiger partial charge in [-0.05, 0) is 31.5 Å². The molecule has 0 saturated heterocycles. The molecule has 106 valence electrons. The second kappa shape index (κ2) is 6.05. The third kappa shape index (κ3) is 2.67. The van der Waals surface area contributed by atoms with E-state index in [1.165, 1.54) is 23.5 Å². The van der Waals surface area contributed by atoms with Gasteiger partial charge >= 0.3 is 5.97 Å². The maximum atomic E-state index is 13.1. The molecular weight excluding hydrogens is 277 g/mol. The average molecular weight is 293 g/mol. The quantitative estimate of drug-likeness (QED) is 0.863. The normalized spacial score (nSPS) is 10.4. The van der Waals surface area contributed by atoms with Crippen LogP contribution < -0.4 is 5.32 Å². The van der Waals surface area contributed by atoms with E-state index in [-0.39, 0.29) is 11.8 Å². The second-order valence-electron chi connectivity index (χ2n) is 4.21. The van der Waals surface area contributed by atoms with Crippen molar-refractivity contribution >= 4 is 22.3 Å². The van der Waals surface area contributed by atoms with Crippen LogP contribution in [0.3, 0.4) is 0 Å². The van der Waals surface area contributed by atoms with Crippen molar-refractivity contribution in [3.63, 3.8) is 0 Å². The van der Waals surface area contributed by atoms with Gasteiger partial charge in [0.05, 0.1) is 6.61 Å². The molecule has 1 aromatic heterocycles. The number of benzene rings is 1. The molecule has 0 spiro atoms. The van der Waals surface area contributed by atoms with Crippen LogP contribution in [0.15, 0.2) is 24.3 Å². The molecule has 3 nitrogen and oxygen atoms in total. The highest BCUT2D eigenvalue weighted by Gasteiger charge is 2.23. The van der Waals surface area contributed by atoms with Crippen molar-refractivity contribution in [2.45, 2.75) is 13.8 Å². The van der Waals surface area contributed by atoms with Gasteiger partial charge in [0, 0.05) is 17.5 Å². The molecule has 2 rings (SSSR count). The summed E-state index contributed by atoms with van der Waals surface area (Å²) in [6, 6.07) is 6.12. The van der Waals surface area contributed by atoms with Crippen molar-refractivity contribution in [1.29, 1.82) is 0 Å². The van der Waals surface area contributed by atoms with Gasteiger partial charge in [-0.1, -0.05) is 12.1 Å². The van der Waals surface area contributed by atoms with E-state index in [1.54, 1.807) is 26.1 Å². The number of nitrogens with one attached hydrogen (secondary N) is 1. The van der Waals surface area contributed by atoms with Crippen LogP contribution in [0.25, 0.3) is 11.1 Å². The summed E-state index contributed by atoms with van der Waals surface area (Å²) in [5, 5.41) is 3.79. The summed E-state index contributed by atoms with van der Waals surface area (Å²) < 4.78 is 18.2. The first-order valence-electron chi connectivity index (χ1n) is 6.32. The molecule has 0 fully saturated rings. The highest BCUT2D eigenvalue weighted by Crippen LogP contribution is 2.40.